The van der Waals surface area contributed by atoms with Crippen molar-refractivity contribution in [2.45, 2.75) is 39.0 Å². The monoisotopic (exact) mass is 569 g/mol. The summed E-state index contributed by atoms with van der Waals surface area (Å²) in [6.07, 6.45) is 3.62. The summed E-state index contributed by atoms with van der Waals surface area (Å²) in [5.41, 5.74) is 5.93. The minimum atomic E-state index is -4.07. The van der Waals surface area contributed by atoms with Crippen molar-refractivity contribution in [3.05, 3.63) is 96.4 Å². The van der Waals surface area contributed by atoms with Gasteiger partial charge in [0.2, 0.25) is 5.58 Å². The summed E-state index contributed by atoms with van der Waals surface area (Å²) >= 11 is 0. The predicted octanol–water partition coefficient (Wildman–Crippen LogP) is 6.86. The van der Waals surface area contributed by atoms with E-state index in [0.29, 0.717) is 24.4 Å². The first-order chi connectivity index (χ1) is 19.8. The lowest BCUT2D eigenvalue weighted by Gasteiger charge is -2.21. The molecule has 0 bridgehead atoms. The van der Waals surface area contributed by atoms with Gasteiger partial charge in [0.1, 0.15) is 5.75 Å². The molecule has 1 aliphatic heterocycles. The Balaban J connectivity index is 1.33. The Morgan fingerprint density at radius 2 is 1.71 bits per heavy atom. The summed E-state index contributed by atoms with van der Waals surface area (Å²) in [5, 5.41) is 2.33. The van der Waals surface area contributed by atoms with Crippen LogP contribution in [0.3, 0.4) is 0 Å². The fourth-order valence-corrected chi connectivity index (χ4v) is 5.99. The van der Waals surface area contributed by atoms with Gasteiger partial charge < -0.3 is 14.1 Å². The van der Waals surface area contributed by atoms with Gasteiger partial charge >= 0.3 is 5.89 Å². The maximum absolute atomic E-state index is 11.5. The van der Waals surface area contributed by atoms with E-state index in [2.05, 4.69) is 61.3 Å². The molecule has 0 amide bonds. The highest BCUT2D eigenvalue weighted by Gasteiger charge is 2.30. The third kappa shape index (κ3) is 5.71. The maximum Gasteiger partial charge on any atom is 0.374 e. The number of aromatic nitrogens is 1. The van der Waals surface area contributed by atoms with Gasteiger partial charge in [-0.25, -0.2) is 0 Å². The second-order valence-corrected chi connectivity index (χ2v) is 12.1. The quantitative estimate of drug-likeness (QED) is 0.154. The Bertz CT molecular complexity index is 1860. The van der Waals surface area contributed by atoms with Gasteiger partial charge in [0, 0.05) is 26.0 Å². The highest BCUT2D eigenvalue weighted by atomic mass is 32.2. The third-order valence-corrected chi connectivity index (χ3v) is 8.55. The molecule has 1 N–H and O–H groups in total. The number of aryl methyl sites for hydroxylation is 1. The Kier molecular flexibility index (Phi) is 7.28. The number of hydrogen-bond donors (Lipinski definition) is 1. The van der Waals surface area contributed by atoms with E-state index in [-0.39, 0.29) is 18.4 Å². The standard InChI is InChI=1S/C33H32N2O5S/c1-3-23(18-32-34(2)28-20-25-12-7-8-13-26(25)22-31(28)40-32)19-33-35(16-9-17-41(36,37)38)29-21-27(14-15-30(29)39-33)24-10-5-4-6-11-24/h4-8,10-15,19-22,32H,3,9,16-18H2,1-2H3/p+1/b23-19-. The van der Waals surface area contributed by atoms with Gasteiger partial charge in [-0.05, 0) is 46.5 Å². The topological polar surface area (TPSA) is 83.9 Å². The van der Waals surface area contributed by atoms with E-state index in [1.165, 1.54) is 5.39 Å². The van der Waals surface area contributed by atoms with Gasteiger partial charge in [-0.3, -0.25) is 4.55 Å². The molecule has 7 nitrogen and oxygen atoms in total. The lowest BCUT2D eigenvalue weighted by atomic mass is 10.1. The van der Waals surface area contributed by atoms with E-state index in [9.17, 15) is 13.0 Å². The van der Waals surface area contributed by atoms with Gasteiger partial charge in [-0.15, -0.1) is 0 Å². The number of oxazole rings is 1. The lowest BCUT2D eigenvalue weighted by Crippen LogP contribution is -2.36. The lowest BCUT2D eigenvalue weighted by molar-refractivity contribution is -0.677. The van der Waals surface area contributed by atoms with Gasteiger partial charge in [-0.1, -0.05) is 73.2 Å². The largest absolute Gasteiger partial charge is 0.468 e. The van der Waals surface area contributed by atoms with Crippen LogP contribution >= 0.6 is 0 Å². The van der Waals surface area contributed by atoms with E-state index in [4.69, 9.17) is 9.15 Å². The third-order valence-electron chi connectivity index (χ3n) is 7.74. The molecule has 0 radical (unpaired) electrons. The van der Waals surface area contributed by atoms with Crippen molar-refractivity contribution in [2.24, 2.45) is 0 Å². The summed E-state index contributed by atoms with van der Waals surface area (Å²) < 4.78 is 47.0. The molecule has 0 saturated heterocycles. The molecule has 0 fully saturated rings. The number of anilines is 1. The summed E-state index contributed by atoms with van der Waals surface area (Å²) in [4.78, 5) is 2.18. The number of fused-ring (bicyclic) bond motifs is 3. The molecule has 41 heavy (non-hydrogen) atoms. The first kappa shape index (κ1) is 27.1. The molecular weight excluding hydrogens is 536 g/mol. The minimum absolute atomic E-state index is 0.157. The highest BCUT2D eigenvalue weighted by molar-refractivity contribution is 7.85. The van der Waals surface area contributed by atoms with Gasteiger partial charge in [0.15, 0.2) is 12.8 Å². The van der Waals surface area contributed by atoms with Crippen molar-refractivity contribution in [2.75, 3.05) is 17.7 Å². The normalized spacial score (nSPS) is 15.4. The van der Waals surface area contributed by atoms with Gasteiger partial charge in [0.25, 0.3) is 15.6 Å². The van der Waals surface area contributed by atoms with Crippen molar-refractivity contribution in [3.8, 4) is 16.9 Å². The average molecular weight is 570 g/mol. The first-order valence-corrected chi connectivity index (χ1v) is 15.5. The second kappa shape index (κ2) is 11.0. The van der Waals surface area contributed by atoms with Crippen molar-refractivity contribution < 1.29 is 26.7 Å². The molecule has 0 aliphatic carbocycles. The summed E-state index contributed by atoms with van der Waals surface area (Å²) in [6.45, 7) is 2.49. The molecule has 6 rings (SSSR count). The smallest absolute Gasteiger partial charge is 0.374 e. The van der Waals surface area contributed by atoms with Crippen LogP contribution < -0.4 is 14.2 Å². The van der Waals surface area contributed by atoms with Crippen molar-refractivity contribution in [1.29, 1.82) is 0 Å². The maximum atomic E-state index is 11.5. The number of hydrogen-bond acceptors (Lipinski definition) is 5. The molecule has 0 saturated carbocycles. The summed E-state index contributed by atoms with van der Waals surface area (Å²) in [5.74, 6) is 1.20. The molecule has 2 heterocycles. The predicted molar refractivity (Wildman–Crippen MR) is 163 cm³/mol. The van der Waals surface area contributed by atoms with Crippen LogP contribution in [0.5, 0.6) is 5.75 Å². The molecule has 4 aromatic carbocycles. The molecule has 1 aliphatic rings. The zero-order chi connectivity index (χ0) is 28.6. The second-order valence-electron chi connectivity index (χ2n) is 10.5. The fraction of sp³-hybridized carbons (Fsp3) is 0.242. The van der Waals surface area contributed by atoms with E-state index < -0.39 is 10.1 Å². The number of rotatable bonds is 9. The average Bonchev–Trinajstić information content (AvgIpc) is 3.46. The summed E-state index contributed by atoms with van der Waals surface area (Å²) in [7, 11) is -2.01. The zero-order valence-electron chi connectivity index (χ0n) is 23.2. The van der Waals surface area contributed by atoms with E-state index in [0.717, 1.165) is 45.5 Å². The molecule has 1 atom stereocenters. The Morgan fingerprint density at radius 1 is 0.976 bits per heavy atom. The SMILES string of the molecule is CC/C(=C/c1oc2ccc(-c3ccccc3)cc2[n+]1CCCS(=O)(=O)O)CC1Oc2cc3ccccc3cc2N1C. The molecular formula is C33H33N2O5S+. The van der Waals surface area contributed by atoms with E-state index in [1.54, 1.807) is 0 Å². The van der Waals surface area contributed by atoms with Gasteiger partial charge in [-0.2, -0.15) is 13.0 Å². The number of ether oxygens (including phenoxy) is 1. The van der Waals surface area contributed by atoms with Crippen molar-refractivity contribution in [1.82, 2.24) is 0 Å². The van der Waals surface area contributed by atoms with E-state index >= 15 is 0 Å². The number of benzene rings is 4. The van der Waals surface area contributed by atoms with Crippen LogP contribution in [0.1, 0.15) is 32.1 Å². The van der Waals surface area contributed by atoms with E-state index in [1.807, 2.05) is 53.1 Å². The van der Waals surface area contributed by atoms with Crippen LogP contribution in [0.4, 0.5) is 5.69 Å². The van der Waals surface area contributed by atoms with Crippen LogP contribution in [0.2, 0.25) is 0 Å². The zero-order valence-corrected chi connectivity index (χ0v) is 24.0. The van der Waals surface area contributed by atoms with Crippen LogP contribution in [0.25, 0.3) is 39.1 Å². The summed E-state index contributed by atoms with van der Waals surface area (Å²) in [6, 6.07) is 28.7. The molecule has 8 heteroatoms. The first-order valence-electron chi connectivity index (χ1n) is 13.9. The fourth-order valence-electron chi connectivity index (χ4n) is 5.50. The molecule has 0 spiro atoms. The Labute approximate surface area is 240 Å². The van der Waals surface area contributed by atoms with Gasteiger partial charge in [0.05, 0.1) is 17.5 Å². The van der Waals surface area contributed by atoms with Crippen LogP contribution in [0, 0.1) is 0 Å². The molecule has 1 unspecified atom stereocenters. The molecule has 210 valence electrons. The van der Waals surface area contributed by atoms with Crippen LogP contribution in [-0.2, 0) is 16.7 Å². The van der Waals surface area contributed by atoms with Crippen molar-refractivity contribution in [3.63, 3.8) is 0 Å². The van der Waals surface area contributed by atoms with Crippen molar-refractivity contribution >= 4 is 43.8 Å². The van der Waals surface area contributed by atoms with Crippen LogP contribution in [-0.4, -0.2) is 32.0 Å². The number of nitrogens with zero attached hydrogens (tertiary/aromatic N) is 2. The van der Waals surface area contributed by atoms with Crippen LogP contribution in [0.15, 0.2) is 94.9 Å². The molecule has 1 aromatic heterocycles. The highest BCUT2D eigenvalue weighted by Crippen LogP contribution is 2.41. The Hall–Kier alpha value is -4.14. The molecule has 5 aromatic rings. The Morgan fingerprint density at radius 3 is 2.44 bits per heavy atom. The minimum Gasteiger partial charge on any atom is -0.468 e.